The molecule has 2 saturated heterocycles. The van der Waals surface area contributed by atoms with Crippen molar-refractivity contribution in [2.75, 3.05) is 26.3 Å². The van der Waals surface area contributed by atoms with Gasteiger partial charge in [-0.2, -0.15) is 0 Å². The smallest absolute Gasteiger partial charge is 0.226 e. The number of hydrogen-bond acceptors (Lipinski definition) is 3. The van der Waals surface area contributed by atoms with Crippen molar-refractivity contribution in [2.45, 2.75) is 63.6 Å². The Morgan fingerprint density at radius 2 is 2.00 bits per heavy atom. The van der Waals surface area contributed by atoms with Crippen molar-refractivity contribution in [2.24, 2.45) is 17.8 Å². The van der Waals surface area contributed by atoms with E-state index in [-0.39, 0.29) is 5.60 Å². The second-order valence-corrected chi connectivity index (χ2v) is 8.14. The third-order valence-corrected chi connectivity index (χ3v) is 6.19. The van der Waals surface area contributed by atoms with Crippen LogP contribution in [-0.4, -0.2) is 48.8 Å². The standard InChI is InChI=1S/C18H29NO3/c1-13-8-16(13)17(20)19-11-18(12-19)9-15(6-7-22-18)21-10-14-4-2-3-5-14/h13-16H,2-12H2,1H3/t13-,15+,16-/m1/s1. The summed E-state index contributed by atoms with van der Waals surface area (Å²) in [5.41, 5.74) is -0.0909. The molecule has 0 unspecified atom stereocenters. The quantitative estimate of drug-likeness (QED) is 0.801. The summed E-state index contributed by atoms with van der Waals surface area (Å²) in [5.74, 6) is 2.04. The van der Waals surface area contributed by atoms with E-state index < -0.39 is 0 Å². The van der Waals surface area contributed by atoms with Crippen molar-refractivity contribution in [3.05, 3.63) is 0 Å². The van der Waals surface area contributed by atoms with Crippen LogP contribution in [0.3, 0.4) is 0 Å². The number of nitrogens with zero attached hydrogens (tertiary/aromatic N) is 1. The molecule has 2 aliphatic carbocycles. The van der Waals surface area contributed by atoms with Gasteiger partial charge in [0.05, 0.1) is 19.2 Å². The zero-order chi connectivity index (χ0) is 15.2. The van der Waals surface area contributed by atoms with E-state index in [2.05, 4.69) is 6.92 Å². The Balaban J connectivity index is 1.24. The molecule has 0 radical (unpaired) electrons. The summed E-state index contributed by atoms with van der Waals surface area (Å²) >= 11 is 0. The average molecular weight is 307 g/mol. The molecule has 0 N–H and O–H groups in total. The summed E-state index contributed by atoms with van der Waals surface area (Å²) in [4.78, 5) is 14.3. The van der Waals surface area contributed by atoms with Gasteiger partial charge in [0, 0.05) is 25.6 Å². The Labute approximate surface area is 133 Å². The molecule has 3 atom stereocenters. The lowest BCUT2D eigenvalue weighted by Crippen LogP contribution is -2.67. The van der Waals surface area contributed by atoms with Gasteiger partial charge in [-0.1, -0.05) is 19.8 Å². The summed E-state index contributed by atoms with van der Waals surface area (Å²) in [6.45, 7) is 5.47. The number of ether oxygens (including phenoxy) is 2. The number of likely N-dealkylation sites (tertiary alicyclic amines) is 1. The lowest BCUT2D eigenvalue weighted by molar-refractivity contribution is -0.203. The van der Waals surface area contributed by atoms with E-state index in [1.807, 2.05) is 4.90 Å². The Morgan fingerprint density at radius 3 is 2.68 bits per heavy atom. The van der Waals surface area contributed by atoms with Crippen LogP contribution in [0.4, 0.5) is 0 Å². The Kier molecular flexibility index (Phi) is 3.93. The van der Waals surface area contributed by atoms with Crippen LogP contribution >= 0.6 is 0 Å². The van der Waals surface area contributed by atoms with Crippen LogP contribution in [0.1, 0.15) is 51.9 Å². The molecule has 22 heavy (non-hydrogen) atoms. The van der Waals surface area contributed by atoms with Crippen LogP contribution in [0.15, 0.2) is 0 Å². The van der Waals surface area contributed by atoms with E-state index in [1.54, 1.807) is 0 Å². The zero-order valence-corrected chi connectivity index (χ0v) is 13.8. The lowest BCUT2D eigenvalue weighted by atomic mass is 9.84. The molecule has 124 valence electrons. The summed E-state index contributed by atoms with van der Waals surface area (Å²) in [6.07, 6.45) is 8.85. The predicted octanol–water partition coefficient (Wildman–Crippen LogP) is 2.61. The number of amides is 1. The summed E-state index contributed by atoms with van der Waals surface area (Å²) < 4.78 is 12.2. The zero-order valence-electron chi connectivity index (χ0n) is 13.8. The fourth-order valence-electron chi connectivity index (χ4n) is 4.50. The third kappa shape index (κ3) is 2.92. The summed E-state index contributed by atoms with van der Waals surface area (Å²) in [6, 6.07) is 0. The van der Waals surface area contributed by atoms with Crippen molar-refractivity contribution >= 4 is 5.91 Å². The minimum absolute atomic E-state index is 0.0909. The number of carbonyl (C=O) groups is 1. The molecule has 4 heteroatoms. The van der Waals surface area contributed by atoms with E-state index in [0.29, 0.717) is 23.8 Å². The second kappa shape index (κ2) is 5.79. The minimum atomic E-state index is -0.0909. The molecule has 4 aliphatic rings. The van der Waals surface area contributed by atoms with Crippen LogP contribution in [0.5, 0.6) is 0 Å². The first kappa shape index (κ1) is 14.9. The van der Waals surface area contributed by atoms with Gasteiger partial charge >= 0.3 is 0 Å². The second-order valence-electron chi connectivity index (χ2n) is 8.14. The van der Waals surface area contributed by atoms with Crippen molar-refractivity contribution in [3.63, 3.8) is 0 Å². The minimum Gasteiger partial charge on any atom is -0.378 e. The Hall–Kier alpha value is -0.610. The van der Waals surface area contributed by atoms with E-state index in [1.165, 1.54) is 25.7 Å². The molecule has 1 amide bonds. The maximum absolute atomic E-state index is 12.2. The molecule has 0 aromatic carbocycles. The van der Waals surface area contributed by atoms with Gasteiger partial charge in [-0.3, -0.25) is 4.79 Å². The van der Waals surface area contributed by atoms with E-state index in [4.69, 9.17) is 9.47 Å². The maximum Gasteiger partial charge on any atom is 0.226 e. The highest BCUT2D eigenvalue weighted by Crippen LogP contribution is 2.43. The molecular formula is C18H29NO3. The first-order chi connectivity index (χ1) is 10.7. The number of carbonyl (C=O) groups excluding carboxylic acids is 1. The Bertz CT molecular complexity index is 426. The van der Waals surface area contributed by atoms with E-state index >= 15 is 0 Å². The van der Waals surface area contributed by atoms with Gasteiger partial charge in [0.2, 0.25) is 5.91 Å². The third-order valence-electron chi connectivity index (χ3n) is 6.19. The van der Waals surface area contributed by atoms with Gasteiger partial charge in [-0.05, 0) is 37.5 Å². The molecule has 0 aromatic heterocycles. The van der Waals surface area contributed by atoms with Crippen LogP contribution in [-0.2, 0) is 14.3 Å². The van der Waals surface area contributed by atoms with Gasteiger partial charge in [0.25, 0.3) is 0 Å². The fourth-order valence-corrected chi connectivity index (χ4v) is 4.50. The molecule has 4 fully saturated rings. The number of rotatable bonds is 4. The normalized spacial score (nSPS) is 37.3. The van der Waals surface area contributed by atoms with Crippen molar-refractivity contribution in [1.82, 2.24) is 4.90 Å². The molecule has 0 aromatic rings. The van der Waals surface area contributed by atoms with Crippen LogP contribution in [0, 0.1) is 17.8 Å². The van der Waals surface area contributed by atoms with Crippen molar-refractivity contribution < 1.29 is 14.3 Å². The maximum atomic E-state index is 12.2. The predicted molar refractivity (Wildman–Crippen MR) is 83.5 cm³/mol. The van der Waals surface area contributed by atoms with Gasteiger partial charge < -0.3 is 14.4 Å². The topological polar surface area (TPSA) is 38.8 Å². The SMILES string of the molecule is C[C@@H]1C[C@H]1C(=O)N1CC2(C[C@@H](OCC3CCCC3)CCO2)C1. The average Bonchev–Trinajstić information content (AvgIpc) is 3.00. The molecule has 2 saturated carbocycles. The van der Waals surface area contributed by atoms with E-state index in [0.717, 1.165) is 51.5 Å². The van der Waals surface area contributed by atoms with Crippen molar-refractivity contribution in [1.29, 1.82) is 0 Å². The highest BCUT2D eigenvalue weighted by molar-refractivity contribution is 5.82. The Morgan fingerprint density at radius 1 is 1.27 bits per heavy atom. The molecule has 1 spiro atoms. The van der Waals surface area contributed by atoms with Gasteiger partial charge in [0.1, 0.15) is 5.60 Å². The first-order valence-electron chi connectivity index (χ1n) is 9.20. The van der Waals surface area contributed by atoms with E-state index in [9.17, 15) is 4.79 Å². The van der Waals surface area contributed by atoms with Crippen LogP contribution in [0.2, 0.25) is 0 Å². The molecule has 2 aliphatic heterocycles. The molecule has 2 heterocycles. The van der Waals surface area contributed by atoms with Gasteiger partial charge in [0.15, 0.2) is 0 Å². The number of hydrogen-bond donors (Lipinski definition) is 0. The first-order valence-corrected chi connectivity index (χ1v) is 9.20. The monoisotopic (exact) mass is 307 g/mol. The fraction of sp³-hybridized carbons (Fsp3) is 0.944. The molecular weight excluding hydrogens is 278 g/mol. The van der Waals surface area contributed by atoms with Crippen LogP contribution in [0.25, 0.3) is 0 Å². The van der Waals surface area contributed by atoms with Gasteiger partial charge in [-0.25, -0.2) is 0 Å². The van der Waals surface area contributed by atoms with Gasteiger partial charge in [-0.15, -0.1) is 0 Å². The summed E-state index contributed by atoms with van der Waals surface area (Å²) in [5, 5.41) is 0. The molecule has 0 bridgehead atoms. The largest absolute Gasteiger partial charge is 0.378 e. The lowest BCUT2D eigenvalue weighted by Gasteiger charge is -2.53. The molecule has 4 nitrogen and oxygen atoms in total. The molecule has 4 rings (SSSR count). The van der Waals surface area contributed by atoms with Crippen molar-refractivity contribution in [3.8, 4) is 0 Å². The van der Waals surface area contributed by atoms with Crippen LogP contribution < -0.4 is 0 Å². The highest BCUT2D eigenvalue weighted by atomic mass is 16.5. The highest BCUT2D eigenvalue weighted by Gasteiger charge is 2.53. The summed E-state index contributed by atoms with van der Waals surface area (Å²) in [7, 11) is 0.